The first-order chi connectivity index (χ1) is 8.95. The predicted molar refractivity (Wildman–Crippen MR) is 77.2 cm³/mol. The van der Waals surface area contributed by atoms with Gasteiger partial charge in [0.25, 0.3) is 0 Å². The lowest BCUT2D eigenvalue weighted by Crippen LogP contribution is -2.33. The zero-order valence-corrected chi connectivity index (χ0v) is 12.0. The highest BCUT2D eigenvalue weighted by molar-refractivity contribution is 6.31. The van der Waals surface area contributed by atoms with Crippen molar-refractivity contribution in [3.8, 4) is 0 Å². The fraction of sp³-hybridized carbons (Fsp3) is 0.385. The van der Waals surface area contributed by atoms with Gasteiger partial charge in [-0.05, 0) is 32.0 Å². The molecule has 1 heterocycles. The molecule has 0 aliphatic carbocycles. The van der Waals surface area contributed by atoms with Gasteiger partial charge in [0.2, 0.25) is 11.9 Å². The molecule has 19 heavy (non-hydrogen) atoms. The van der Waals surface area contributed by atoms with Crippen LogP contribution >= 0.6 is 11.6 Å². The number of imidazole rings is 1. The van der Waals surface area contributed by atoms with E-state index in [1.165, 1.54) is 0 Å². The Morgan fingerprint density at radius 2 is 2.26 bits per heavy atom. The van der Waals surface area contributed by atoms with Crippen molar-refractivity contribution in [3.05, 3.63) is 23.2 Å². The highest BCUT2D eigenvalue weighted by atomic mass is 35.5. The Bertz CT molecular complexity index is 622. The third-order valence-electron chi connectivity index (χ3n) is 3.27. The molecule has 0 radical (unpaired) electrons. The largest absolute Gasteiger partial charge is 0.369 e. The highest BCUT2D eigenvalue weighted by Gasteiger charge is 2.22. The summed E-state index contributed by atoms with van der Waals surface area (Å²) in [7, 11) is 1.77. The van der Waals surface area contributed by atoms with Gasteiger partial charge in [0.1, 0.15) is 6.04 Å². The average molecular weight is 281 g/mol. The van der Waals surface area contributed by atoms with Crippen LogP contribution in [0.2, 0.25) is 5.02 Å². The summed E-state index contributed by atoms with van der Waals surface area (Å²) in [6, 6.07) is 4.94. The van der Waals surface area contributed by atoms with Crippen molar-refractivity contribution in [2.24, 2.45) is 0 Å². The second kappa shape index (κ2) is 5.09. The van der Waals surface area contributed by atoms with Gasteiger partial charge >= 0.3 is 0 Å². The Hall–Kier alpha value is -1.75. The number of halogens is 1. The molecule has 0 spiro atoms. The van der Waals surface area contributed by atoms with Crippen LogP contribution in [0, 0.1) is 0 Å². The van der Waals surface area contributed by atoms with Gasteiger partial charge in [-0.1, -0.05) is 11.6 Å². The normalized spacial score (nSPS) is 12.6. The Morgan fingerprint density at radius 1 is 1.58 bits per heavy atom. The molecule has 0 fully saturated rings. The Morgan fingerprint density at radius 3 is 2.89 bits per heavy atom. The monoisotopic (exact) mass is 280 g/mol. The number of aromatic nitrogens is 2. The molecule has 0 saturated carbocycles. The zero-order chi connectivity index (χ0) is 14.2. The first-order valence-corrected chi connectivity index (χ1v) is 6.51. The van der Waals surface area contributed by atoms with Crippen LogP contribution in [-0.4, -0.2) is 34.0 Å². The molecule has 0 bridgehead atoms. The fourth-order valence-corrected chi connectivity index (χ4v) is 2.25. The van der Waals surface area contributed by atoms with Crippen molar-refractivity contribution in [3.63, 3.8) is 0 Å². The number of hydrogen-bond donors (Lipinski definition) is 1. The smallest absolute Gasteiger partial charge is 0.245 e. The quantitative estimate of drug-likeness (QED) is 0.938. The molecule has 2 aromatic rings. The molecule has 0 aliphatic rings. The number of carbonyl (C=O) groups excluding carboxylic acids is 1. The topological polar surface area (TPSA) is 64.2 Å². The Labute approximate surface area is 117 Å². The standard InChI is InChI=1S/C13H17ClN4O/c1-4-17(3)12(19)8(2)18-11-6-5-9(14)7-10(11)16-13(18)15/h5-8H,4H2,1-3H3,(H2,15,16). The summed E-state index contributed by atoms with van der Waals surface area (Å²) >= 11 is 5.93. The van der Waals surface area contributed by atoms with Crippen LogP contribution < -0.4 is 5.73 Å². The summed E-state index contributed by atoms with van der Waals surface area (Å²) in [6.45, 7) is 4.40. The van der Waals surface area contributed by atoms with Crippen LogP contribution in [-0.2, 0) is 4.79 Å². The molecule has 1 unspecified atom stereocenters. The maximum absolute atomic E-state index is 12.2. The van der Waals surface area contributed by atoms with Crippen LogP contribution in [0.5, 0.6) is 0 Å². The maximum atomic E-state index is 12.2. The molecular weight excluding hydrogens is 264 g/mol. The van der Waals surface area contributed by atoms with Crippen molar-refractivity contribution >= 4 is 34.5 Å². The number of nitrogens with zero attached hydrogens (tertiary/aromatic N) is 3. The van der Waals surface area contributed by atoms with E-state index in [1.807, 2.05) is 19.9 Å². The maximum Gasteiger partial charge on any atom is 0.245 e. The van der Waals surface area contributed by atoms with E-state index in [1.54, 1.807) is 28.6 Å². The summed E-state index contributed by atoms with van der Waals surface area (Å²) < 4.78 is 1.74. The number of likely N-dealkylation sites (N-methyl/N-ethyl adjacent to an activating group) is 1. The van der Waals surface area contributed by atoms with E-state index in [0.717, 1.165) is 5.52 Å². The van der Waals surface area contributed by atoms with Crippen LogP contribution in [0.1, 0.15) is 19.9 Å². The third-order valence-corrected chi connectivity index (χ3v) is 3.51. The summed E-state index contributed by atoms with van der Waals surface area (Å²) in [4.78, 5) is 18.1. The van der Waals surface area contributed by atoms with Gasteiger partial charge in [-0.3, -0.25) is 9.36 Å². The van der Waals surface area contributed by atoms with Crippen LogP contribution in [0.15, 0.2) is 18.2 Å². The van der Waals surface area contributed by atoms with Crippen molar-refractivity contribution in [2.45, 2.75) is 19.9 Å². The van der Waals surface area contributed by atoms with Gasteiger partial charge in [0, 0.05) is 18.6 Å². The number of benzene rings is 1. The molecule has 1 atom stereocenters. The van der Waals surface area contributed by atoms with Gasteiger partial charge in [-0.2, -0.15) is 0 Å². The van der Waals surface area contributed by atoms with E-state index < -0.39 is 6.04 Å². The molecule has 1 aromatic carbocycles. The van der Waals surface area contributed by atoms with Crippen LogP contribution in [0.4, 0.5) is 5.95 Å². The predicted octanol–water partition coefficient (Wildman–Crippen LogP) is 2.31. The van der Waals surface area contributed by atoms with Gasteiger partial charge in [0.15, 0.2) is 0 Å². The van der Waals surface area contributed by atoms with E-state index in [0.29, 0.717) is 23.0 Å². The Kier molecular flexibility index (Phi) is 3.66. The molecule has 0 saturated heterocycles. The van der Waals surface area contributed by atoms with Crippen molar-refractivity contribution in [1.82, 2.24) is 14.5 Å². The van der Waals surface area contributed by atoms with Gasteiger partial charge < -0.3 is 10.6 Å². The lowest BCUT2D eigenvalue weighted by Gasteiger charge is -2.21. The second-order valence-corrected chi connectivity index (χ2v) is 4.94. The summed E-state index contributed by atoms with van der Waals surface area (Å²) in [5, 5.41) is 0.599. The number of rotatable bonds is 3. The molecule has 6 heteroatoms. The first kappa shape index (κ1) is 13.7. The number of nitrogen functional groups attached to an aromatic ring is 1. The van der Waals surface area contributed by atoms with Crippen LogP contribution in [0.3, 0.4) is 0 Å². The molecule has 5 nitrogen and oxygen atoms in total. The number of hydrogen-bond acceptors (Lipinski definition) is 3. The summed E-state index contributed by atoms with van der Waals surface area (Å²) in [5.74, 6) is 0.325. The van der Waals surface area contributed by atoms with E-state index in [-0.39, 0.29) is 5.91 Å². The highest BCUT2D eigenvalue weighted by Crippen LogP contribution is 2.26. The van der Waals surface area contributed by atoms with Crippen molar-refractivity contribution < 1.29 is 4.79 Å². The third kappa shape index (κ3) is 2.38. The minimum absolute atomic E-state index is 0.00319. The van der Waals surface area contributed by atoms with E-state index in [4.69, 9.17) is 17.3 Å². The molecule has 1 aromatic heterocycles. The van der Waals surface area contributed by atoms with E-state index in [9.17, 15) is 4.79 Å². The van der Waals surface area contributed by atoms with Crippen LogP contribution in [0.25, 0.3) is 11.0 Å². The molecule has 2 rings (SSSR count). The lowest BCUT2D eigenvalue weighted by molar-refractivity contribution is -0.132. The SMILES string of the molecule is CCN(C)C(=O)C(C)n1c(N)nc2cc(Cl)ccc21. The van der Waals surface area contributed by atoms with Gasteiger partial charge in [-0.25, -0.2) is 4.98 Å². The average Bonchev–Trinajstić information content (AvgIpc) is 2.71. The number of fused-ring (bicyclic) bond motifs is 1. The molecular formula is C13H17ClN4O. The summed E-state index contributed by atoms with van der Waals surface area (Å²) in [5.41, 5.74) is 7.43. The minimum Gasteiger partial charge on any atom is -0.369 e. The van der Waals surface area contributed by atoms with Gasteiger partial charge in [-0.15, -0.1) is 0 Å². The molecule has 2 N–H and O–H groups in total. The number of nitrogens with two attached hydrogens (primary N) is 1. The van der Waals surface area contributed by atoms with Gasteiger partial charge in [0.05, 0.1) is 11.0 Å². The van der Waals surface area contributed by atoms with E-state index in [2.05, 4.69) is 4.98 Å². The van der Waals surface area contributed by atoms with Crippen molar-refractivity contribution in [2.75, 3.05) is 19.3 Å². The zero-order valence-electron chi connectivity index (χ0n) is 11.2. The molecule has 0 aliphatic heterocycles. The summed E-state index contributed by atoms with van der Waals surface area (Å²) in [6.07, 6.45) is 0. The van der Waals surface area contributed by atoms with E-state index >= 15 is 0 Å². The number of carbonyl (C=O) groups is 1. The lowest BCUT2D eigenvalue weighted by atomic mass is 10.2. The first-order valence-electron chi connectivity index (χ1n) is 6.13. The molecule has 102 valence electrons. The number of anilines is 1. The molecule has 1 amide bonds. The Balaban J connectivity index is 2.50. The number of amides is 1. The fourth-order valence-electron chi connectivity index (χ4n) is 2.08. The second-order valence-electron chi connectivity index (χ2n) is 4.50. The minimum atomic E-state index is -0.392. The van der Waals surface area contributed by atoms with Crippen molar-refractivity contribution in [1.29, 1.82) is 0 Å².